The van der Waals surface area contributed by atoms with E-state index in [1.807, 2.05) is 0 Å². The second kappa shape index (κ2) is 5.59. The molecular weight excluding hydrogens is 134 g/mol. The summed E-state index contributed by atoms with van der Waals surface area (Å²) in [5, 5.41) is 0. The minimum absolute atomic E-state index is 0.793. The molecule has 1 nitrogen and oxygen atoms in total. The molecular formula is C10H23N. The van der Waals surface area contributed by atoms with Crippen molar-refractivity contribution in [2.75, 3.05) is 6.54 Å². The lowest BCUT2D eigenvalue weighted by Crippen LogP contribution is -2.16. The molecule has 1 heteroatoms. The topological polar surface area (TPSA) is 26.0 Å². The quantitative estimate of drug-likeness (QED) is 0.652. The third-order valence-electron chi connectivity index (χ3n) is 2.25. The maximum atomic E-state index is 5.54. The molecule has 0 saturated heterocycles. The zero-order chi connectivity index (χ0) is 8.85. The molecule has 11 heavy (non-hydrogen) atoms. The highest BCUT2D eigenvalue weighted by Gasteiger charge is 2.13. The van der Waals surface area contributed by atoms with Gasteiger partial charge in [0.05, 0.1) is 0 Å². The minimum atomic E-state index is 0.793. The van der Waals surface area contributed by atoms with Gasteiger partial charge < -0.3 is 5.73 Å². The first-order valence-electron chi connectivity index (χ1n) is 4.78. The lowest BCUT2D eigenvalue weighted by molar-refractivity contribution is 0.302. The Bertz CT molecular complexity index is 86.9. The van der Waals surface area contributed by atoms with Crippen molar-refractivity contribution in [1.82, 2.24) is 0 Å². The van der Waals surface area contributed by atoms with Gasteiger partial charge in [-0.05, 0) is 37.1 Å². The Morgan fingerprint density at radius 3 is 1.91 bits per heavy atom. The van der Waals surface area contributed by atoms with Gasteiger partial charge in [0.25, 0.3) is 0 Å². The summed E-state index contributed by atoms with van der Waals surface area (Å²) in [6.07, 6.45) is 2.52. The van der Waals surface area contributed by atoms with E-state index in [9.17, 15) is 0 Å². The van der Waals surface area contributed by atoms with Crippen molar-refractivity contribution in [1.29, 1.82) is 0 Å². The van der Waals surface area contributed by atoms with E-state index in [0.717, 1.165) is 24.3 Å². The Labute approximate surface area is 71.4 Å². The molecule has 0 radical (unpaired) electrons. The van der Waals surface area contributed by atoms with Gasteiger partial charge >= 0.3 is 0 Å². The smallest absolute Gasteiger partial charge is 0.00745 e. The van der Waals surface area contributed by atoms with Crippen molar-refractivity contribution in [2.24, 2.45) is 23.5 Å². The van der Waals surface area contributed by atoms with Gasteiger partial charge in [0.2, 0.25) is 0 Å². The first-order valence-corrected chi connectivity index (χ1v) is 4.78. The molecule has 0 amide bonds. The van der Waals surface area contributed by atoms with E-state index in [4.69, 9.17) is 5.73 Å². The molecule has 0 aromatic rings. The largest absolute Gasteiger partial charge is 0.330 e. The molecule has 0 saturated carbocycles. The minimum Gasteiger partial charge on any atom is -0.330 e. The summed E-state index contributed by atoms with van der Waals surface area (Å²) in [6, 6.07) is 0. The van der Waals surface area contributed by atoms with E-state index < -0.39 is 0 Å². The first kappa shape index (κ1) is 11.0. The van der Waals surface area contributed by atoms with E-state index in [0.29, 0.717) is 0 Å². The van der Waals surface area contributed by atoms with Gasteiger partial charge in [-0.2, -0.15) is 0 Å². The van der Waals surface area contributed by atoms with E-state index in [1.165, 1.54) is 12.8 Å². The Hall–Kier alpha value is -0.0400. The highest BCUT2D eigenvalue weighted by molar-refractivity contribution is 4.65. The van der Waals surface area contributed by atoms with E-state index in [2.05, 4.69) is 27.7 Å². The molecule has 0 bridgehead atoms. The molecule has 1 atom stereocenters. The van der Waals surface area contributed by atoms with Crippen LogP contribution in [-0.2, 0) is 0 Å². The number of rotatable bonds is 5. The van der Waals surface area contributed by atoms with Gasteiger partial charge in [-0.15, -0.1) is 0 Å². The third kappa shape index (κ3) is 5.25. The van der Waals surface area contributed by atoms with Crippen LogP contribution in [0.3, 0.4) is 0 Å². The van der Waals surface area contributed by atoms with Gasteiger partial charge in [-0.1, -0.05) is 27.7 Å². The van der Waals surface area contributed by atoms with Crippen LogP contribution in [0.2, 0.25) is 0 Å². The van der Waals surface area contributed by atoms with Crippen molar-refractivity contribution in [3.8, 4) is 0 Å². The predicted molar refractivity (Wildman–Crippen MR) is 51.5 cm³/mol. The molecule has 68 valence electrons. The van der Waals surface area contributed by atoms with Crippen molar-refractivity contribution < 1.29 is 0 Å². The fourth-order valence-electron chi connectivity index (χ4n) is 1.54. The first-order chi connectivity index (χ1) is 5.07. The Balaban J connectivity index is 3.69. The maximum Gasteiger partial charge on any atom is -0.00745 e. The van der Waals surface area contributed by atoms with Crippen LogP contribution in [-0.4, -0.2) is 6.54 Å². The van der Waals surface area contributed by atoms with Gasteiger partial charge in [0.15, 0.2) is 0 Å². The van der Waals surface area contributed by atoms with E-state index in [-0.39, 0.29) is 0 Å². The molecule has 0 aromatic heterocycles. The Morgan fingerprint density at radius 2 is 1.64 bits per heavy atom. The SMILES string of the molecule is CC(C)CC(CCN)C(C)C. The van der Waals surface area contributed by atoms with Crippen molar-refractivity contribution in [3.05, 3.63) is 0 Å². The summed E-state index contributed by atoms with van der Waals surface area (Å²) >= 11 is 0. The van der Waals surface area contributed by atoms with E-state index in [1.54, 1.807) is 0 Å². The fraction of sp³-hybridized carbons (Fsp3) is 1.00. The summed E-state index contributed by atoms with van der Waals surface area (Å²) < 4.78 is 0. The van der Waals surface area contributed by atoms with Crippen LogP contribution in [0.25, 0.3) is 0 Å². The summed E-state index contributed by atoms with van der Waals surface area (Å²) in [5.41, 5.74) is 5.54. The Morgan fingerprint density at radius 1 is 1.09 bits per heavy atom. The van der Waals surface area contributed by atoms with Crippen molar-refractivity contribution in [3.63, 3.8) is 0 Å². The molecule has 1 unspecified atom stereocenters. The van der Waals surface area contributed by atoms with Crippen molar-refractivity contribution in [2.45, 2.75) is 40.5 Å². The second-order valence-electron chi connectivity index (χ2n) is 4.21. The number of hydrogen-bond acceptors (Lipinski definition) is 1. The van der Waals surface area contributed by atoms with Crippen LogP contribution in [0.15, 0.2) is 0 Å². The molecule has 0 aliphatic carbocycles. The summed E-state index contributed by atoms with van der Waals surface area (Å²) in [4.78, 5) is 0. The highest BCUT2D eigenvalue weighted by atomic mass is 14.5. The van der Waals surface area contributed by atoms with Crippen LogP contribution in [0, 0.1) is 17.8 Å². The molecule has 0 fully saturated rings. The Kier molecular flexibility index (Phi) is 5.57. The molecule has 2 N–H and O–H groups in total. The molecule has 0 aliphatic heterocycles. The van der Waals surface area contributed by atoms with Gasteiger partial charge in [0.1, 0.15) is 0 Å². The number of nitrogens with two attached hydrogens (primary N) is 1. The van der Waals surface area contributed by atoms with Crippen molar-refractivity contribution >= 4 is 0 Å². The maximum absolute atomic E-state index is 5.54. The molecule has 0 aromatic carbocycles. The summed E-state index contributed by atoms with van der Waals surface area (Å²) in [6.45, 7) is 10.00. The van der Waals surface area contributed by atoms with Gasteiger partial charge in [-0.3, -0.25) is 0 Å². The van der Waals surface area contributed by atoms with Gasteiger partial charge in [0, 0.05) is 0 Å². The lowest BCUT2D eigenvalue weighted by Gasteiger charge is -2.21. The molecule has 0 rings (SSSR count). The van der Waals surface area contributed by atoms with Crippen LogP contribution in [0.1, 0.15) is 40.5 Å². The van der Waals surface area contributed by atoms with Gasteiger partial charge in [-0.25, -0.2) is 0 Å². The monoisotopic (exact) mass is 157 g/mol. The normalized spacial score (nSPS) is 14.5. The van der Waals surface area contributed by atoms with Crippen LogP contribution < -0.4 is 5.73 Å². The van der Waals surface area contributed by atoms with Crippen LogP contribution in [0.5, 0.6) is 0 Å². The van der Waals surface area contributed by atoms with Crippen LogP contribution in [0.4, 0.5) is 0 Å². The number of hydrogen-bond donors (Lipinski definition) is 1. The third-order valence-corrected chi connectivity index (χ3v) is 2.25. The summed E-state index contributed by atoms with van der Waals surface area (Å²) in [5.74, 6) is 2.44. The fourth-order valence-corrected chi connectivity index (χ4v) is 1.54. The standard InChI is InChI=1S/C10H23N/c1-8(2)7-10(5-6-11)9(3)4/h8-10H,5-7,11H2,1-4H3. The molecule has 0 heterocycles. The predicted octanol–water partition coefficient (Wildman–Crippen LogP) is 2.65. The lowest BCUT2D eigenvalue weighted by atomic mass is 9.85. The average Bonchev–Trinajstić information content (AvgIpc) is 1.86. The molecule has 0 aliphatic rings. The zero-order valence-corrected chi connectivity index (χ0v) is 8.43. The highest BCUT2D eigenvalue weighted by Crippen LogP contribution is 2.22. The zero-order valence-electron chi connectivity index (χ0n) is 8.43. The molecule has 0 spiro atoms. The average molecular weight is 157 g/mol. The second-order valence-corrected chi connectivity index (χ2v) is 4.21. The summed E-state index contributed by atoms with van der Waals surface area (Å²) in [7, 11) is 0. The van der Waals surface area contributed by atoms with E-state index >= 15 is 0 Å². The van der Waals surface area contributed by atoms with Crippen LogP contribution >= 0.6 is 0 Å².